The number of fused-ring (bicyclic) bond motifs is 5. The number of nitrogens with zero attached hydrogens (tertiary/aromatic N) is 1. The van der Waals surface area contributed by atoms with Crippen LogP contribution >= 0.6 is 0 Å². The van der Waals surface area contributed by atoms with Gasteiger partial charge in [0, 0.05) is 27.8 Å². The van der Waals surface area contributed by atoms with Crippen molar-refractivity contribution >= 4 is 49.8 Å². The number of rotatable bonds is 7. The van der Waals surface area contributed by atoms with Gasteiger partial charge in [0.15, 0.2) is 0 Å². The van der Waals surface area contributed by atoms with E-state index in [9.17, 15) is 0 Å². The second kappa shape index (κ2) is 13.4. The van der Waals surface area contributed by atoms with Crippen molar-refractivity contribution < 1.29 is 4.42 Å². The molecule has 0 amide bonds. The molecule has 0 saturated carbocycles. The van der Waals surface area contributed by atoms with Gasteiger partial charge in [0.05, 0.1) is 0 Å². The summed E-state index contributed by atoms with van der Waals surface area (Å²) in [5.74, 6) is 0. The quantitative estimate of drug-likeness (QED) is 0.166. The van der Waals surface area contributed by atoms with Crippen LogP contribution in [0.1, 0.15) is 0 Å². The Morgan fingerprint density at radius 1 is 0.278 bits per heavy atom. The van der Waals surface area contributed by atoms with E-state index < -0.39 is 0 Å². The number of anilines is 3. The van der Waals surface area contributed by atoms with Crippen molar-refractivity contribution in [3.05, 3.63) is 212 Å². The van der Waals surface area contributed by atoms with Crippen LogP contribution in [0, 0.1) is 0 Å². The molecule has 1 aromatic heterocycles. The molecule has 0 fully saturated rings. The van der Waals surface area contributed by atoms with E-state index in [1.807, 2.05) is 0 Å². The molecule has 10 rings (SSSR count). The van der Waals surface area contributed by atoms with Crippen LogP contribution in [0.5, 0.6) is 0 Å². The van der Waals surface area contributed by atoms with Crippen molar-refractivity contribution in [1.82, 2.24) is 0 Å². The lowest BCUT2D eigenvalue weighted by Crippen LogP contribution is -2.09. The fourth-order valence-electron chi connectivity index (χ4n) is 7.79. The Morgan fingerprint density at radius 2 is 0.704 bits per heavy atom. The number of hydrogen-bond acceptors (Lipinski definition) is 2. The van der Waals surface area contributed by atoms with Crippen LogP contribution in [0.4, 0.5) is 17.1 Å². The van der Waals surface area contributed by atoms with Gasteiger partial charge >= 0.3 is 0 Å². The van der Waals surface area contributed by atoms with Crippen molar-refractivity contribution in [2.24, 2.45) is 0 Å². The van der Waals surface area contributed by atoms with Gasteiger partial charge in [-0.05, 0) is 110 Å². The number of furan rings is 1. The predicted molar refractivity (Wildman–Crippen MR) is 228 cm³/mol. The molecule has 0 unspecified atom stereocenters. The molecule has 10 aromatic rings. The maximum Gasteiger partial charge on any atom is 0.136 e. The molecule has 0 bridgehead atoms. The highest BCUT2D eigenvalue weighted by Gasteiger charge is 2.16. The first-order valence-electron chi connectivity index (χ1n) is 18.4. The second-order valence-electron chi connectivity index (χ2n) is 13.7. The van der Waals surface area contributed by atoms with Gasteiger partial charge in [0.1, 0.15) is 11.2 Å². The molecular weight excluding hydrogens is 655 g/mol. The van der Waals surface area contributed by atoms with Crippen LogP contribution in [0.15, 0.2) is 217 Å². The van der Waals surface area contributed by atoms with E-state index >= 15 is 0 Å². The van der Waals surface area contributed by atoms with Crippen molar-refractivity contribution in [3.8, 4) is 44.5 Å². The van der Waals surface area contributed by atoms with Crippen molar-refractivity contribution in [2.75, 3.05) is 4.90 Å². The third kappa shape index (κ3) is 5.71. The molecule has 0 aliphatic rings. The summed E-state index contributed by atoms with van der Waals surface area (Å²) in [7, 11) is 0. The Balaban J connectivity index is 0.960. The van der Waals surface area contributed by atoms with E-state index in [0.29, 0.717) is 0 Å². The summed E-state index contributed by atoms with van der Waals surface area (Å²) in [5.41, 5.74) is 14.6. The Labute approximate surface area is 314 Å². The highest BCUT2D eigenvalue weighted by Crippen LogP contribution is 2.42. The number of hydrogen-bond donors (Lipinski definition) is 0. The highest BCUT2D eigenvalue weighted by molar-refractivity contribution is 6.22. The normalized spacial score (nSPS) is 11.3. The first-order valence-corrected chi connectivity index (χ1v) is 18.4. The first kappa shape index (κ1) is 31.6. The zero-order valence-corrected chi connectivity index (χ0v) is 29.6. The summed E-state index contributed by atoms with van der Waals surface area (Å²) in [4.78, 5) is 2.31. The molecule has 254 valence electrons. The second-order valence-corrected chi connectivity index (χ2v) is 13.7. The lowest BCUT2D eigenvalue weighted by atomic mass is 9.94. The van der Waals surface area contributed by atoms with E-state index in [2.05, 4.69) is 217 Å². The largest absolute Gasteiger partial charge is 0.456 e. The van der Waals surface area contributed by atoms with Crippen LogP contribution in [0.3, 0.4) is 0 Å². The standard InChI is InChI=1S/C52H35NO/c1-4-12-36(13-5-1)38-24-29-44(30-25-38)53(43-16-8-3-9-17-43)45-31-26-39(27-32-45)37-20-22-40(23-21-37)42-28-33-50-49(34-42)52-47-19-11-10-18-46(47)48(35-51(52)54-50)41-14-6-2-7-15-41/h1-35H. The molecule has 0 saturated heterocycles. The molecule has 0 aliphatic heterocycles. The first-order chi connectivity index (χ1) is 26.8. The highest BCUT2D eigenvalue weighted by atomic mass is 16.3. The lowest BCUT2D eigenvalue weighted by Gasteiger charge is -2.26. The number of para-hydroxylation sites is 1. The minimum atomic E-state index is 0.900. The Kier molecular flexibility index (Phi) is 7.85. The van der Waals surface area contributed by atoms with Gasteiger partial charge in [0.25, 0.3) is 0 Å². The molecule has 0 spiro atoms. The van der Waals surface area contributed by atoms with E-state index in [-0.39, 0.29) is 0 Å². The maximum absolute atomic E-state index is 6.49. The molecule has 2 heteroatoms. The van der Waals surface area contributed by atoms with Gasteiger partial charge in [-0.1, -0.05) is 158 Å². The van der Waals surface area contributed by atoms with Crippen LogP contribution in [-0.2, 0) is 0 Å². The molecule has 0 radical (unpaired) electrons. The van der Waals surface area contributed by atoms with Crippen LogP contribution in [-0.4, -0.2) is 0 Å². The molecule has 9 aromatic carbocycles. The molecular formula is C52H35NO. The predicted octanol–water partition coefficient (Wildman–Crippen LogP) is 14.9. The van der Waals surface area contributed by atoms with Crippen molar-refractivity contribution in [3.63, 3.8) is 0 Å². The maximum atomic E-state index is 6.49. The van der Waals surface area contributed by atoms with Gasteiger partial charge < -0.3 is 9.32 Å². The molecule has 54 heavy (non-hydrogen) atoms. The minimum absolute atomic E-state index is 0.900. The van der Waals surface area contributed by atoms with Gasteiger partial charge in [-0.3, -0.25) is 0 Å². The van der Waals surface area contributed by atoms with Crippen LogP contribution in [0.2, 0.25) is 0 Å². The fourth-order valence-corrected chi connectivity index (χ4v) is 7.79. The Morgan fingerprint density at radius 3 is 1.30 bits per heavy atom. The van der Waals surface area contributed by atoms with Gasteiger partial charge in [0.2, 0.25) is 0 Å². The Hall–Kier alpha value is -7.16. The average Bonchev–Trinajstić information content (AvgIpc) is 3.63. The summed E-state index contributed by atoms with van der Waals surface area (Å²) >= 11 is 0. The van der Waals surface area contributed by atoms with E-state index in [1.165, 1.54) is 55.3 Å². The SMILES string of the molecule is c1ccc(-c2ccc(N(c3ccccc3)c3ccc(-c4ccc(-c5ccc6oc7cc(-c8ccccc8)c8ccccc8c7c6c5)cc4)cc3)cc2)cc1. The van der Waals surface area contributed by atoms with Crippen molar-refractivity contribution in [2.45, 2.75) is 0 Å². The summed E-state index contributed by atoms with van der Waals surface area (Å²) in [6.07, 6.45) is 0. The topological polar surface area (TPSA) is 16.4 Å². The third-order valence-electron chi connectivity index (χ3n) is 10.5. The van der Waals surface area contributed by atoms with Crippen molar-refractivity contribution in [1.29, 1.82) is 0 Å². The lowest BCUT2D eigenvalue weighted by molar-refractivity contribution is 0.669. The fraction of sp³-hybridized carbons (Fsp3) is 0. The minimum Gasteiger partial charge on any atom is -0.456 e. The Bertz CT molecular complexity index is 2880. The van der Waals surface area contributed by atoms with Gasteiger partial charge in [-0.25, -0.2) is 0 Å². The smallest absolute Gasteiger partial charge is 0.136 e. The number of benzene rings is 9. The third-order valence-corrected chi connectivity index (χ3v) is 10.5. The average molecular weight is 690 g/mol. The summed E-state index contributed by atoms with van der Waals surface area (Å²) in [6, 6.07) is 75.7. The van der Waals surface area contributed by atoms with E-state index in [1.54, 1.807) is 0 Å². The summed E-state index contributed by atoms with van der Waals surface area (Å²) < 4.78 is 6.49. The summed E-state index contributed by atoms with van der Waals surface area (Å²) in [5, 5.41) is 4.73. The van der Waals surface area contributed by atoms with Crippen LogP contribution < -0.4 is 4.90 Å². The molecule has 2 nitrogen and oxygen atoms in total. The molecule has 0 aliphatic carbocycles. The van der Waals surface area contributed by atoms with E-state index in [4.69, 9.17) is 4.42 Å². The van der Waals surface area contributed by atoms with Gasteiger partial charge in [-0.15, -0.1) is 0 Å². The monoisotopic (exact) mass is 689 g/mol. The zero-order chi connectivity index (χ0) is 35.8. The molecule has 1 heterocycles. The molecule has 0 N–H and O–H groups in total. The van der Waals surface area contributed by atoms with Gasteiger partial charge in [-0.2, -0.15) is 0 Å². The zero-order valence-electron chi connectivity index (χ0n) is 29.6. The summed E-state index contributed by atoms with van der Waals surface area (Å²) in [6.45, 7) is 0. The van der Waals surface area contributed by atoms with Crippen LogP contribution in [0.25, 0.3) is 77.2 Å². The molecule has 0 atom stereocenters. The van der Waals surface area contributed by atoms with E-state index in [0.717, 1.165) is 39.0 Å².